The van der Waals surface area contributed by atoms with E-state index in [1.165, 1.54) is 0 Å². The second-order valence-corrected chi connectivity index (χ2v) is 4.93. The molecule has 0 fully saturated rings. The number of thioether (sulfide) groups is 1. The molecule has 0 aliphatic heterocycles. The van der Waals surface area contributed by atoms with E-state index >= 15 is 0 Å². The summed E-state index contributed by atoms with van der Waals surface area (Å²) in [6.45, 7) is 5.98. The molecule has 0 saturated heterocycles. The number of amides is 1. The van der Waals surface area contributed by atoms with Crippen LogP contribution in [0.25, 0.3) is 0 Å². The topological polar surface area (TPSA) is 46.3 Å². The largest absolute Gasteiger partial charge is 0.341 e. The van der Waals surface area contributed by atoms with E-state index in [4.69, 9.17) is 5.73 Å². The number of nitrogens with zero attached hydrogens (tertiary/aromatic N) is 1. The molecular formula is C10H22N2OS. The summed E-state index contributed by atoms with van der Waals surface area (Å²) in [7, 11) is 1.82. The Labute approximate surface area is 91.4 Å². The normalized spacial score (nSPS) is 15.4. The highest BCUT2D eigenvalue weighted by atomic mass is 32.2. The van der Waals surface area contributed by atoms with E-state index in [0.717, 1.165) is 5.75 Å². The number of rotatable bonds is 5. The van der Waals surface area contributed by atoms with Crippen molar-refractivity contribution in [2.75, 3.05) is 19.1 Å². The third-order valence-corrected chi connectivity index (χ3v) is 3.24. The van der Waals surface area contributed by atoms with Crippen LogP contribution < -0.4 is 5.73 Å². The molecule has 0 bridgehead atoms. The van der Waals surface area contributed by atoms with E-state index in [9.17, 15) is 4.79 Å². The molecule has 84 valence electrons. The van der Waals surface area contributed by atoms with Crippen molar-refractivity contribution in [1.29, 1.82) is 0 Å². The summed E-state index contributed by atoms with van der Waals surface area (Å²) in [5, 5.41) is 0. The first-order chi connectivity index (χ1) is 6.41. The summed E-state index contributed by atoms with van der Waals surface area (Å²) in [6.07, 6.45) is 2.04. The Kier molecular flexibility index (Phi) is 6.20. The fourth-order valence-electron chi connectivity index (χ4n) is 1.09. The first kappa shape index (κ1) is 13.8. The lowest BCUT2D eigenvalue weighted by atomic mass is 10.0. The van der Waals surface area contributed by atoms with Crippen molar-refractivity contribution < 1.29 is 4.79 Å². The first-order valence-corrected chi connectivity index (χ1v) is 6.32. The van der Waals surface area contributed by atoms with Gasteiger partial charge in [-0.05, 0) is 19.1 Å². The molecular weight excluding hydrogens is 196 g/mol. The molecule has 0 aliphatic rings. The Bertz CT molecular complexity index is 185. The highest BCUT2D eigenvalue weighted by molar-refractivity contribution is 7.98. The lowest BCUT2D eigenvalue weighted by Crippen LogP contribution is -2.48. The van der Waals surface area contributed by atoms with E-state index in [-0.39, 0.29) is 23.9 Å². The number of carbonyl (C=O) groups is 1. The quantitative estimate of drug-likeness (QED) is 0.754. The number of hydrogen-bond donors (Lipinski definition) is 1. The second kappa shape index (κ2) is 6.30. The van der Waals surface area contributed by atoms with Crippen LogP contribution in [0.3, 0.4) is 0 Å². The van der Waals surface area contributed by atoms with Gasteiger partial charge in [-0.3, -0.25) is 4.79 Å². The Morgan fingerprint density at radius 3 is 2.29 bits per heavy atom. The molecule has 3 nitrogen and oxygen atoms in total. The maximum Gasteiger partial charge on any atom is 0.239 e. The van der Waals surface area contributed by atoms with Gasteiger partial charge in [0.15, 0.2) is 0 Å². The third-order valence-electron chi connectivity index (χ3n) is 2.42. The smallest absolute Gasteiger partial charge is 0.239 e. The minimum Gasteiger partial charge on any atom is -0.341 e. The fraction of sp³-hybridized carbons (Fsp3) is 0.900. The minimum atomic E-state index is -0.371. The lowest BCUT2D eigenvalue weighted by molar-refractivity contribution is -0.133. The molecule has 0 spiro atoms. The Hall–Kier alpha value is -0.220. The van der Waals surface area contributed by atoms with Crippen LogP contribution in [-0.4, -0.2) is 41.9 Å². The van der Waals surface area contributed by atoms with Gasteiger partial charge in [-0.15, -0.1) is 0 Å². The van der Waals surface area contributed by atoms with Gasteiger partial charge in [-0.25, -0.2) is 0 Å². The van der Waals surface area contributed by atoms with Gasteiger partial charge in [0.1, 0.15) is 0 Å². The van der Waals surface area contributed by atoms with Crippen molar-refractivity contribution in [2.45, 2.75) is 32.9 Å². The summed E-state index contributed by atoms with van der Waals surface area (Å²) >= 11 is 1.74. The maximum atomic E-state index is 11.8. The molecule has 2 atom stereocenters. The number of carbonyl (C=O) groups excluding carboxylic acids is 1. The zero-order chi connectivity index (χ0) is 11.3. The molecule has 2 N–H and O–H groups in total. The van der Waals surface area contributed by atoms with Gasteiger partial charge in [0.2, 0.25) is 5.91 Å². The monoisotopic (exact) mass is 218 g/mol. The molecule has 0 saturated carbocycles. The summed E-state index contributed by atoms with van der Waals surface area (Å²) in [5.74, 6) is 1.19. The molecule has 0 aromatic carbocycles. The van der Waals surface area contributed by atoms with Crippen LogP contribution in [0.5, 0.6) is 0 Å². The van der Waals surface area contributed by atoms with Gasteiger partial charge in [0.25, 0.3) is 0 Å². The first-order valence-electron chi connectivity index (χ1n) is 4.93. The highest BCUT2D eigenvalue weighted by Gasteiger charge is 2.23. The van der Waals surface area contributed by atoms with Crippen LogP contribution in [0.4, 0.5) is 0 Å². The standard InChI is InChI=1S/C10H22N2OS/c1-7(2)9(11)10(13)12(4)8(3)6-14-5/h7-9H,6,11H2,1-5H3/t8?,9-/m0/s1. The summed E-state index contributed by atoms with van der Waals surface area (Å²) in [5.41, 5.74) is 5.80. The van der Waals surface area contributed by atoms with Gasteiger partial charge >= 0.3 is 0 Å². The van der Waals surface area contributed by atoms with Crippen LogP contribution in [-0.2, 0) is 4.79 Å². The predicted molar refractivity (Wildman–Crippen MR) is 63.4 cm³/mol. The van der Waals surface area contributed by atoms with Crippen molar-refractivity contribution in [3.8, 4) is 0 Å². The van der Waals surface area contributed by atoms with Crippen LogP contribution in [0.15, 0.2) is 0 Å². The molecule has 0 heterocycles. The fourth-order valence-corrected chi connectivity index (χ4v) is 1.80. The summed E-state index contributed by atoms with van der Waals surface area (Å²) in [6, 6.07) is -0.119. The molecule has 1 amide bonds. The Morgan fingerprint density at radius 2 is 1.93 bits per heavy atom. The minimum absolute atomic E-state index is 0.0431. The molecule has 0 aromatic rings. The van der Waals surface area contributed by atoms with Gasteiger partial charge in [-0.2, -0.15) is 11.8 Å². The van der Waals surface area contributed by atoms with E-state index in [2.05, 4.69) is 0 Å². The zero-order valence-corrected chi connectivity index (χ0v) is 10.6. The van der Waals surface area contributed by atoms with Gasteiger partial charge in [-0.1, -0.05) is 13.8 Å². The van der Waals surface area contributed by atoms with Crippen molar-refractivity contribution in [2.24, 2.45) is 11.7 Å². The molecule has 0 radical (unpaired) electrons. The zero-order valence-electron chi connectivity index (χ0n) is 9.78. The van der Waals surface area contributed by atoms with Crippen molar-refractivity contribution in [1.82, 2.24) is 4.90 Å². The van der Waals surface area contributed by atoms with Crippen LogP contribution in [0.2, 0.25) is 0 Å². The van der Waals surface area contributed by atoms with E-state index < -0.39 is 0 Å². The molecule has 1 unspecified atom stereocenters. The van der Waals surface area contributed by atoms with Crippen LogP contribution >= 0.6 is 11.8 Å². The molecule has 14 heavy (non-hydrogen) atoms. The predicted octanol–water partition coefficient (Wildman–Crippen LogP) is 1.18. The summed E-state index contributed by atoms with van der Waals surface area (Å²) < 4.78 is 0. The Balaban J connectivity index is 4.23. The van der Waals surface area contributed by atoms with Crippen molar-refractivity contribution >= 4 is 17.7 Å². The van der Waals surface area contributed by atoms with E-state index in [1.807, 2.05) is 34.1 Å². The third kappa shape index (κ3) is 3.88. The van der Waals surface area contributed by atoms with E-state index in [1.54, 1.807) is 16.7 Å². The summed E-state index contributed by atoms with van der Waals surface area (Å²) in [4.78, 5) is 13.5. The molecule has 0 aliphatic carbocycles. The van der Waals surface area contributed by atoms with Crippen molar-refractivity contribution in [3.05, 3.63) is 0 Å². The van der Waals surface area contributed by atoms with Crippen LogP contribution in [0, 0.1) is 5.92 Å². The van der Waals surface area contributed by atoms with Crippen molar-refractivity contribution in [3.63, 3.8) is 0 Å². The second-order valence-electron chi connectivity index (χ2n) is 4.02. The lowest BCUT2D eigenvalue weighted by Gasteiger charge is -2.28. The highest BCUT2D eigenvalue weighted by Crippen LogP contribution is 2.08. The molecule has 4 heteroatoms. The molecule has 0 aromatic heterocycles. The average Bonchev–Trinajstić information content (AvgIpc) is 2.14. The SMILES string of the molecule is CSCC(C)N(C)C(=O)[C@@H](N)C(C)C. The van der Waals surface area contributed by atoms with Crippen LogP contribution in [0.1, 0.15) is 20.8 Å². The van der Waals surface area contributed by atoms with E-state index in [0.29, 0.717) is 0 Å². The van der Waals surface area contributed by atoms with Gasteiger partial charge in [0, 0.05) is 18.8 Å². The van der Waals surface area contributed by atoms with Gasteiger partial charge < -0.3 is 10.6 Å². The maximum absolute atomic E-state index is 11.8. The van der Waals surface area contributed by atoms with Gasteiger partial charge in [0.05, 0.1) is 6.04 Å². The average molecular weight is 218 g/mol. The Morgan fingerprint density at radius 1 is 1.43 bits per heavy atom. The molecule has 0 rings (SSSR count). The number of likely N-dealkylation sites (N-methyl/N-ethyl adjacent to an activating group) is 1. The number of hydrogen-bond acceptors (Lipinski definition) is 3. The number of nitrogens with two attached hydrogens (primary N) is 1.